The number of carbonyl (C=O) groups excluding carboxylic acids is 2. The number of carbonyl (C=O) groups is 2. The SMILES string of the molecule is CC(=O)N(CCC(=O)Nc1cccc(Cl)c1)C(C)c1ccccc1. The quantitative estimate of drug-likeness (QED) is 0.850. The molecule has 4 nitrogen and oxygen atoms in total. The Hall–Kier alpha value is -2.33. The van der Waals surface area contributed by atoms with Crippen LogP contribution in [0.2, 0.25) is 5.02 Å². The molecule has 0 fully saturated rings. The Morgan fingerprint density at radius 3 is 2.46 bits per heavy atom. The fourth-order valence-electron chi connectivity index (χ4n) is 2.55. The monoisotopic (exact) mass is 344 g/mol. The van der Waals surface area contributed by atoms with Gasteiger partial charge in [0.15, 0.2) is 0 Å². The van der Waals surface area contributed by atoms with Crippen molar-refractivity contribution in [1.29, 1.82) is 0 Å². The molecule has 1 N–H and O–H groups in total. The summed E-state index contributed by atoms with van der Waals surface area (Å²) in [6.45, 7) is 3.84. The van der Waals surface area contributed by atoms with Crippen LogP contribution in [0.15, 0.2) is 54.6 Å². The molecular formula is C19H21ClN2O2. The van der Waals surface area contributed by atoms with Crippen molar-refractivity contribution in [2.24, 2.45) is 0 Å². The lowest BCUT2D eigenvalue weighted by molar-refractivity contribution is -0.131. The summed E-state index contributed by atoms with van der Waals surface area (Å²) in [5, 5.41) is 3.36. The molecule has 0 aromatic heterocycles. The van der Waals surface area contributed by atoms with Crippen LogP contribution in [-0.2, 0) is 9.59 Å². The first-order chi connectivity index (χ1) is 11.5. The lowest BCUT2D eigenvalue weighted by atomic mass is 10.1. The number of nitrogens with one attached hydrogen (secondary N) is 1. The number of hydrogen-bond acceptors (Lipinski definition) is 2. The zero-order valence-corrected chi connectivity index (χ0v) is 14.6. The van der Waals surface area contributed by atoms with Crippen LogP contribution in [0.4, 0.5) is 5.69 Å². The van der Waals surface area contributed by atoms with Gasteiger partial charge in [0.2, 0.25) is 11.8 Å². The maximum absolute atomic E-state index is 12.1. The molecule has 1 unspecified atom stereocenters. The van der Waals surface area contributed by atoms with Gasteiger partial charge in [-0.1, -0.05) is 48.0 Å². The molecule has 0 saturated heterocycles. The molecule has 0 radical (unpaired) electrons. The second-order valence-corrected chi connectivity index (χ2v) is 6.04. The number of amides is 2. The van der Waals surface area contributed by atoms with Crippen molar-refractivity contribution < 1.29 is 9.59 Å². The molecule has 2 aromatic carbocycles. The fraction of sp³-hybridized carbons (Fsp3) is 0.263. The molecule has 1 atom stereocenters. The molecule has 2 amide bonds. The number of benzene rings is 2. The highest BCUT2D eigenvalue weighted by molar-refractivity contribution is 6.30. The molecule has 0 aliphatic carbocycles. The predicted octanol–water partition coefficient (Wildman–Crippen LogP) is 4.28. The first-order valence-corrected chi connectivity index (χ1v) is 8.22. The van der Waals surface area contributed by atoms with Crippen molar-refractivity contribution in [3.8, 4) is 0 Å². The summed E-state index contributed by atoms with van der Waals surface area (Å²) in [5.41, 5.74) is 1.70. The highest BCUT2D eigenvalue weighted by Crippen LogP contribution is 2.20. The van der Waals surface area contributed by atoms with Gasteiger partial charge in [0.05, 0.1) is 6.04 Å². The Kier molecular flexibility index (Phi) is 6.38. The molecule has 0 spiro atoms. The van der Waals surface area contributed by atoms with E-state index in [0.717, 1.165) is 5.56 Å². The van der Waals surface area contributed by atoms with Crippen LogP contribution in [-0.4, -0.2) is 23.3 Å². The van der Waals surface area contributed by atoms with E-state index in [9.17, 15) is 9.59 Å². The number of hydrogen-bond donors (Lipinski definition) is 1. The first-order valence-electron chi connectivity index (χ1n) is 7.85. The van der Waals surface area contributed by atoms with Crippen LogP contribution < -0.4 is 5.32 Å². The van der Waals surface area contributed by atoms with Crippen molar-refractivity contribution in [3.05, 3.63) is 65.2 Å². The van der Waals surface area contributed by atoms with E-state index in [-0.39, 0.29) is 24.3 Å². The molecule has 0 aliphatic heterocycles. The van der Waals surface area contributed by atoms with Crippen LogP contribution >= 0.6 is 11.6 Å². The molecular weight excluding hydrogens is 324 g/mol. The van der Waals surface area contributed by atoms with Crippen molar-refractivity contribution in [1.82, 2.24) is 4.90 Å². The molecule has 2 rings (SSSR count). The summed E-state index contributed by atoms with van der Waals surface area (Å²) < 4.78 is 0. The normalized spacial score (nSPS) is 11.6. The molecule has 0 heterocycles. The Morgan fingerprint density at radius 1 is 1.12 bits per heavy atom. The first kappa shape index (κ1) is 18.0. The molecule has 0 aliphatic rings. The summed E-state index contributed by atoms with van der Waals surface area (Å²) in [5.74, 6) is -0.203. The Labute approximate surface area is 147 Å². The average Bonchev–Trinajstić information content (AvgIpc) is 2.55. The zero-order valence-electron chi connectivity index (χ0n) is 13.8. The van der Waals surface area contributed by atoms with Gasteiger partial charge >= 0.3 is 0 Å². The third-order valence-electron chi connectivity index (χ3n) is 3.84. The molecule has 0 saturated carbocycles. The van der Waals surface area contributed by atoms with E-state index in [4.69, 9.17) is 11.6 Å². The lowest BCUT2D eigenvalue weighted by Gasteiger charge is -2.28. The summed E-state index contributed by atoms with van der Waals surface area (Å²) in [4.78, 5) is 25.8. The molecule has 126 valence electrons. The van der Waals surface area contributed by atoms with E-state index in [1.54, 1.807) is 29.2 Å². The summed E-state index contributed by atoms with van der Waals surface area (Å²) >= 11 is 5.90. The summed E-state index contributed by atoms with van der Waals surface area (Å²) in [7, 11) is 0. The number of anilines is 1. The highest BCUT2D eigenvalue weighted by atomic mass is 35.5. The Bertz CT molecular complexity index is 704. The minimum atomic E-state index is -0.149. The van der Waals surface area contributed by atoms with Gasteiger partial charge in [0.25, 0.3) is 0 Å². The van der Waals surface area contributed by atoms with E-state index >= 15 is 0 Å². The molecule has 2 aromatic rings. The second-order valence-electron chi connectivity index (χ2n) is 5.61. The minimum Gasteiger partial charge on any atom is -0.336 e. The minimum absolute atomic E-state index is 0.0538. The largest absolute Gasteiger partial charge is 0.336 e. The van der Waals surface area contributed by atoms with Crippen LogP contribution in [0.5, 0.6) is 0 Å². The van der Waals surface area contributed by atoms with Crippen molar-refractivity contribution in [3.63, 3.8) is 0 Å². The van der Waals surface area contributed by atoms with Crippen LogP contribution in [0.1, 0.15) is 31.9 Å². The van der Waals surface area contributed by atoms with Gasteiger partial charge in [-0.25, -0.2) is 0 Å². The van der Waals surface area contributed by atoms with Gasteiger partial charge in [-0.05, 0) is 30.7 Å². The van der Waals surface area contributed by atoms with Crippen LogP contribution in [0.25, 0.3) is 0 Å². The van der Waals surface area contributed by atoms with Gasteiger partial charge in [0, 0.05) is 30.6 Å². The van der Waals surface area contributed by atoms with Crippen LogP contribution in [0.3, 0.4) is 0 Å². The lowest BCUT2D eigenvalue weighted by Crippen LogP contribution is -2.34. The zero-order chi connectivity index (χ0) is 17.5. The maximum Gasteiger partial charge on any atom is 0.226 e. The third-order valence-corrected chi connectivity index (χ3v) is 4.08. The van der Waals surface area contributed by atoms with Crippen LogP contribution in [0, 0.1) is 0 Å². The Balaban J connectivity index is 1.96. The van der Waals surface area contributed by atoms with Crippen molar-refractivity contribution >= 4 is 29.1 Å². The van der Waals surface area contributed by atoms with E-state index in [0.29, 0.717) is 17.3 Å². The van der Waals surface area contributed by atoms with E-state index in [1.807, 2.05) is 37.3 Å². The van der Waals surface area contributed by atoms with Gasteiger partial charge in [-0.3, -0.25) is 9.59 Å². The van der Waals surface area contributed by atoms with Crippen molar-refractivity contribution in [2.75, 3.05) is 11.9 Å². The van der Waals surface area contributed by atoms with Crippen molar-refractivity contribution in [2.45, 2.75) is 26.3 Å². The fourth-order valence-corrected chi connectivity index (χ4v) is 2.74. The topological polar surface area (TPSA) is 49.4 Å². The summed E-state index contributed by atoms with van der Waals surface area (Å²) in [6, 6.07) is 16.7. The number of rotatable bonds is 6. The maximum atomic E-state index is 12.1. The van der Waals surface area contributed by atoms with Gasteiger partial charge in [0.1, 0.15) is 0 Å². The van der Waals surface area contributed by atoms with Gasteiger partial charge in [-0.2, -0.15) is 0 Å². The second kappa shape index (κ2) is 8.50. The predicted molar refractivity (Wildman–Crippen MR) is 96.9 cm³/mol. The number of nitrogens with zero attached hydrogens (tertiary/aromatic N) is 1. The molecule has 5 heteroatoms. The van der Waals surface area contributed by atoms with Gasteiger partial charge < -0.3 is 10.2 Å². The van der Waals surface area contributed by atoms with E-state index in [1.165, 1.54) is 6.92 Å². The van der Waals surface area contributed by atoms with E-state index < -0.39 is 0 Å². The molecule has 0 bridgehead atoms. The average molecular weight is 345 g/mol. The highest BCUT2D eigenvalue weighted by Gasteiger charge is 2.19. The third kappa shape index (κ3) is 5.10. The molecule has 24 heavy (non-hydrogen) atoms. The standard InChI is InChI=1S/C19H21ClN2O2/c1-14(16-7-4-3-5-8-16)22(15(2)23)12-11-19(24)21-18-10-6-9-17(20)13-18/h3-10,13-14H,11-12H2,1-2H3,(H,21,24). The van der Waals surface area contributed by atoms with Gasteiger partial charge in [-0.15, -0.1) is 0 Å². The Morgan fingerprint density at radius 2 is 1.83 bits per heavy atom. The van der Waals surface area contributed by atoms with E-state index in [2.05, 4.69) is 5.32 Å². The smallest absolute Gasteiger partial charge is 0.226 e. The number of halogens is 1. The summed E-state index contributed by atoms with van der Waals surface area (Å²) in [6.07, 6.45) is 0.225.